The van der Waals surface area contributed by atoms with E-state index in [-0.39, 0.29) is 0 Å². The van der Waals surface area contributed by atoms with Crippen molar-refractivity contribution in [2.75, 3.05) is 0 Å². The lowest BCUT2D eigenvalue weighted by atomic mass is 9.96. The van der Waals surface area contributed by atoms with Crippen LogP contribution < -0.4 is 0 Å². The Morgan fingerprint density at radius 2 is 0.920 bits per heavy atom. The molecule has 50 heavy (non-hydrogen) atoms. The molecule has 9 rings (SSSR count). The first-order valence-electron chi connectivity index (χ1n) is 16.3. The van der Waals surface area contributed by atoms with E-state index in [1.807, 2.05) is 60.7 Å². The molecule has 0 spiro atoms. The summed E-state index contributed by atoms with van der Waals surface area (Å²) in [5, 5.41) is 33.8. The predicted octanol–water partition coefficient (Wildman–Crippen LogP) is 10.8. The summed E-state index contributed by atoms with van der Waals surface area (Å²) in [7, 11) is 0. The normalized spacial score (nSPS) is 11.1. The van der Waals surface area contributed by atoms with E-state index in [0.717, 1.165) is 77.2 Å². The zero-order valence-corrected chi connectivity index (χ0v) is 26.7. The predicted molar refractivity (Wildman–Crippen MR) is 200 cm³/mol. The van der Waals surface area contributed by atoms with E-state index in [1.165, 1.54) is 0 Å². The van der Waals surface area contributed by atoms with Crippen LogP contribution in [0, 0.1) is 34.0 Å². The molecule has 2 heterocycles. The molecule has 230 valence electrons. The molecule has 0 fully saturated rings. The smallest absolute Gasteiger partial charge is 0.101 e. The van der Waals surface area contributed by atoms with Gasteiger partial charge in [0.05, 0.1) is 56.6 Å². The quantitative estimate of drug-likeness (QED) is 0.193. The largest absolute Gasteiger partial charge is 0.309 e. The van der Waals surface area contributed by atoms with Crippen molar-refractivity contribution >= 4 is 43.6 Å². The summed E-state index contributed by atoms with van der Waals surface area (Å²) in [4.78, 5) is 0. The Hall–Kier alpha value is -7.39. The summed E-state index contributed by atoms with van der Waals surface area (Å²) >= 11 is 0. The van der Waals surface area contributed by atoms with Gasteiger partial charge in [0.2, 0.25) is 0 Å². The number of para-hydroxylation sites is 3. The lowest BCUT2D eigenvalue weighted by Crippen LogP contribution is -2.01. The van der Waals surface area contributed by atoms with Crippen molar-refractivity contribution in [2.24, 2.45) is 0 Å². The van der Waals surface area contributed by atoms with Gasteiger partial charge in [-0.15, -0.1) is 0 Å². The van der Waals surface area contributed by atoms with Crippen LogP contribution in [0.5, 0.6) is 0 Å². The average Bonchev–Trinajstić information content (AvgIpc) is 3.69. The maximum Gasteiger partial charge on any atom is 0.101 e. The standard InChI is InChI=1S/C45H25N5/c46-26-29-18-20-43-39(22-29)40-23-30(27-47)19-21-44(40)49(43)35-12-6-9-32(25-35)31-8-5-10-33(24-31)36-15-7-11-34(28-48)45(36)50-41-16-3-1-13-37(41)38-14-2-4-17-42(38)50/h1-25H. The van der Waals surface area contributed by atoms with Crippen molar-refractivity contribution in [3.8, 4) is 51.8 Å². The monoisotopic (exact) mass is 635 g/mol. The summed E-state index contributed by atoms with van der Waals surface area (Å²) in [6, 6.07) is 57.9. The van der Waals surface area contributed by atoms with Gasteiger partial charge in [-0.2, -0.15) is 15.8 Å². The average molecular weight is 636 g/mol. The fourth-order valence-corrected chi connectivity index (χ4v) is 7.40. The molecule has 9 aromatic rings. The first-order chi connectivity index (χ1) is 24.7. The minimum Gasteiger partial charge on any atom is -0.309 e. The van der Waals surface area contributed by atoms with Crippen molar-refractivity contribution in [3.63, 3.8) is 0 Å². The van der Waals surface area contributed by atoms with Gasteiger partial charge in [-0.05, 0) is 89.5 Å². The Bertz CT molecular complexity index is 2850. The van der Waals surface area contributed by atoms with Gasteiger partial charge in [0.25, 0.3) is 0 Å². The Morgan fingerprint density at radius 1 is 0.380 bits per heavy atom. The number of nitrogens with zero attached hydrogens (tertiary/aromatic N) is 5. The van der Waals surface area contributed by atoms with Crippen LogP contribution in [0.1, 0.15) is 16.7 Å². The molecule has 0 aliphatic heterocycles. The molecular formula is C45H25N5. The Labute approximate surface area is 287 Å². The Morgan fingerprint density at radius 3 is 1.54 bits per heavy atom. The highest BCUT2D eigenvalue weighted by atomic mass is 15.0. The van der Waals surface area contributed by atoms with Crippen LogP contribution in [0.25, 0.3) is 77.2 Å². The second kappa shape index (κ2) is 11.4. The number of rotatable bonds is 4. The third-order valence-electron chi connectivity index (χ3n) is 9.59. The number of aromatic nitrogens is 2. The van der Waals surface area contributed by atoms with Crippen LogP contribution in [-0.4, -0.2) is 9.13 Å². The summed E-state index contributed by atoms with van der Waals surface area (Å²) < 4.78 is 4.42. The lowest BCUT2D eigenvalue weighted by Gasteiger charge is -2.16. The molecule has 0 amide bonds. The highest BCUT2D eigenvalue weighted by Crippen LogP contribution is 2.39. The second-order valence-corrected chi connectivity index (χ2v) is 12.3. The zero-order valence-electron chi connectivity index (χ0n) is 26.7. The molecule has 0 aliphatic carbocycles. The lowest BCUT2D eigenvalue weighted by molar-refractivity contribution is 1.17. The van der Waals surface area contributed by atoms with Crippen molar-refractivity contribution < 1.29 is 0 Å². The molecule has 2 aromatic heterocycles. The molecule has 0 atom stereocenters. The molecule has 0 saturated carbocycles. The Kier molecular flexibility index (Phi) is 6.56. The van der Waals surface area contributed by atoms with E-state index in [9.17, 15) is 15.8 Å². The molecule has 0 radical (unpaired) electrons. The van der Waals surface area contributed by atoms with Gasteiger partial charge in [0.15, 0.2) is 0 Å². The topological polar surface area (TPSA) is 81.2 Å². The van der Waals surface area contributed by atoms with Crippen molar-refractivity contribution in [3.05, 3.63) is 168 Å². The summed E-state index contributed by atoms with van der Waals surface area (Å²) in [5.41, 5.74) is 11.7. The maximum absolute atomic E-state index is 10.4. The third kappa shape index (κ3) is 4.38. The number of hydrogen-bond donors (Lipinski definition) is 0. The van der Waals surface area contributed by atoms with Gasteiger partial charge in [-0.25, -0.2) is 0 Å². The van der Waals surface area contributed by atoms with Gasteiger partial charge in [0.1, 0.15) is 6.07 Å². The van der Waals surface area contributed by atoms with Gasteiger partial charge in [-0.1, -0.05) is 78.9 Å². The first-order valence-corrected chi connectivity index (χ1v) is 16.3. The second-order valence-electron chi connectivity index (χ2n) is 12.3. The summed E-state index contributed by atoms with van der Waals surface area (Å²) in [6.45, 7) is 0. The maximum atomic E-state index is 10.4. The number of benzene rings is 7. The fraction of sp³-hybridized carbons (Fsp3) is 0. The number of hydrogen-bond acceptors (Lipinski definition) is 3. The van der Waals surface area contributed by atoms with Crippen LogP contribution in [-0.2, 0) is 0 Å². The van der Waals surface area contributed by atoms with Crippen molar-refractivity contribution in [2.45, 2.75) is 0 Å². The molecule has 0 saturated heterocycles. The Balaban J connectivity index is 1.22. The minimum atomic E-state index is 0.574. The SMILES string of the molecule is N#Cc1ccc2c(c1)c1cc(C#N)ccc1n2-c1cccc(-c2cccc(-c3cccc(C#N)c3-n3c4ccccc4c4ccccc43)c2)c1. The molecule has 0 bridgehead atoms. The molecule has 0 unspecified atom stereocenters. The van der Waals surface area contributed by atoms with E-state index in [4.69, 9.17) is 0 Å². The van der Waals surface area contributed by atoms with E-state index >= 15 is 0 Å². The molecule has 0 N–H and O–H groups in total. The fourth-order valence-electron chi connectivity index (χ4n) is 7.40. The van der Waals surface area contributed by atoms with E-state index < -0.39 is 0 Å². The van der Waals surface area contributed by atoms with E-state index in [0.29, 0.717) is 16.7 Å². The van der Waals surface area contributed by atoms with Gasteiger partial charge in [0, 0.05) is 32.8 Å². The van der Waals surface area contributed by atoms with Gasteiger partial charge >= 0.3 is 0 Å². The third-order valence-corrected chi connectivity index (χ3v) is 9.59. The summed E-state index contributed by atoms with van der Waals surface area (Å²) in [6.07, 6.45) is 0. The van der Waals surface area contributed by atoms with Crippen molar-refractivity contribution in [1.29, 1.82) is 15.8 Å². The van der Waals surface area contributed by atoms with Crippen LogP contribution in [0.3, 0.4) is 0 Å². The summed E-state index contributed by atoms with van der Waals surface area (Å²) in [5.74, 6) is 0. The number of nitriles is 3. The minimum absolute atomic E-state index is 0.574. The van der Waals surface area contributed by atoms with Gasteiger partial charge < -0.3 is 9.13 Å². The first kappa shape index (κ1) is 28.8. The highest BCUT2D eigenvalue weighted by Gasteiger charge is 2.19. The van der Waals surface area contributed by atoms with Crippen LogP contribution in [0.4, 0.5) is 0 Å². The number of fused-ring (bicyclic) bond motifs is 6. The molecule has 5 nitrogen and oxygen atoms in total. The molecular weight excluding hydrogens is 611 g/mol. The highest BCUT2D eigenvalue weighted by molar-refractivity contribution is 6.11. The van der Waals surface area contributed by atoms with Crippen molar-refractivity contribution in [1.82, 2.24) is 9.13 Å². The van der Waals surface area contributed by atoms with Crippen LogP contribution in [0.15, 0.2) is 152 Å². The zero-order chi connectivity index (χ0) is 33.8. The van der Waals surface area contributed by atoms with E-state index in [2.05, 4.69) is 118 Å². The molecule has 5 heteroatoms. The molecule has 7 aromatic carbocycles. The molecule has 0 aliphatic rings. The van der Waals surface area contributed by atoms with Crippen LogP contribution in [0.2, 0.25) is 0 Å². The van der Waals surface area contributed by atoms with E-state index in [1.54, 1.807) is 0 Å². The van der Waals surface area contributed by atoms with Gasteiger partial charge in [-0.3, -0.25) is 0 Å². The van der Waals surface area contributed by atoms with Crippen LogP contribution >= 0.6 is 0 Å².